The summed E-state index contributed by atoms with van der Waals surface area (Å²) in [6.45, 7) is 5.28. The molecule has 3 N–H and O–H groups in total. The van der Waals surface area contributed by atoms with E-state index in [0.29, 0.717) is 11.1 Å². The predicted octanol–water partition coefficient (Wildman–Crippen LogP) is 3.84. The van der Waals surface area contributed by atoms with Gasteiger partial charge in [0, 0.05) is 44.7 Å². The van der Waals surface area contributed by atoms with E-state index in [9.17, 15) is 14.4 Å². The van der Waals surface area contributed by atoms with Crippen molar-refractivity contribution >= 4 is 54.6 Å². The highest BCUT2D eigenvalue weighted by Crippen LogP contribution is 2.16. The van der Waals surface area contributed by atoms with Crippen LogP contribution >= 0.6 is 24.8 Å². The number of amides is 2. The fraction of sp³-hybridized carbons (Fsp3) is 0.258. The average Bonchev–Trinajstić information content (AvgIpc) is 2.94. The minimum absolute atomic E-state index is 0. The summed E-state index contributed by atoms with van der Waals surface area (Å²) in [7, 11) is 2.16. The second kappa shape index (κ2) is 15.9. The molecule has 40 heavy (non-hydrogen) atoms. The Kier molecular flexibility index (Phi) is 13.0. The lowest BCUT2D eigenvalue weighted by Crippen LogP contribution is -2.47. The van der Waals surface area contributed by atoms with Crippen molar-refractivity contribution in [2.75, 3.05) is 33.2 Å². The van der Waals surface area contributed by atoms with Gasteiger partial charge in [0.25, 0.3) is 11.8 Å². The highest BCUT2D eigenvalue weighted by atomic mass is 35.5. The summed E-state index contributed by atoms with van der Waals surface area (Å²) >= 11 is 0. The molecule has 1 saturated heterocycles. The van der Waals surface area contributed by atoms with E-state index < -0.39 is 23.6 Å². The smallest absolute Gasteiger partial charge is 0.287 e. The number of rotatable bonds is 10. The van der Waals surface area contributed by atoms with Crippen molar-refractivity contribution in [3.8, 4) is 0 Å². The lowest BCUT2D eigenvalue weighted by atomic mass is 10.00. The lowest BCUT2D eigenvalue weighted by molar-refractivity contribution is -0.137. The van der Waals surface area contributed by atoms with Gasteiger partial charge in [0.15, 0.2) is 0 Å². The molecule has 3 aromatic carbocycles. The number of halogens is 2. The molecule has 0 aliphatic carbocycles. The SMILES string of the molecule is CN1CCN(Cc2ccc(C=Cc3ccccc3C(=O)NC(Cc3ccccc3)C(=O)C(N)=O)cc2)CC1.Cl.Cl. The largest absolute Gasteiger partial charge is 0.363 e. The van der Waals surface area contributed by atoms with E-state index in [1.165, 1.54) is 5.56 Å². The first kappa shape index (κ1) is 32.7. The Labute approximate surface area is 248 Å². The third-order valence-electron chi connectivity index (χ3n) is 6.79. The fourth-order valence-corrected chi connectivity index (χ4v) is 4.50. The predicted molar refractivity (Wildman–Crippen MR) is 165 cm³/mol. The van der Waals surface area contributed by atoms with Gasteiger partial charge in [-0.3, -0.25) is 19.3 Å². The van der Waals surface area contributed by atoms with Crippen molar-refractivity contribution in [2.24, 2.45) is 5.73 Å². The van der Waals surface area contributed by atoms with Gasteiger partial charge < -0.3 is 16.0 Å². The maximum atomic E-state index is 13.2. The molecule has 1 fully saturated rings. The Morgan fingerprint density at radius 3 is 2.10 bits per heavy atom. The summed E-state index contributed by atoms with van der Waals surface area (Å²) in [5.74, 6) is -2.34. The molecule has 0 aromatic heterocycles. The maximum absolute atomic E-state index is 13.2. The van der Waals surface area contributed by atoms with Crippen LogP contribution in [-0.4, -0.2) is 66.7 Å². The van der Waals surface area contributed by atoms with Crippen LogP contribution in [0.1, 0.15) is 32.6 Å². The highest BCUT2D eigenvalue weighted by Gasteiger charge is 2.26. The second-order valence-electron chi connectivity index (χ2n) is 9.69. The van der Waals surface area contributed by atoms with Crippen molar-refractivity contribution in [1.29, 1.82) is 0 Å². The van der Waals surface area contributed by atoms with Crippen LogP contribution in [-0.2, 0) is 22.6 Å². The molecule has 0 bridgehead atoms. The Hall–Kier alpha value is -3.49. The van der Waals surface area contributed by atoms with Crippen LogP contribution in [0.15, 0.2) is 78.9 Å². The summed E-state index contributed by atoms with van der Waals surface area (Å²) in [5.41, 5.74) is 9.48. The molecule has 1 atom stereocenters. The van der Waals surface area contributed by atoms with Crippen LogP contribution in [0.2, 0.25) is 0 Å². The number of primary amides is 1. The van der Waals surface area contributed by atoms with Crippen LogP contribution in [0.25, 0.3) is 12.2 Å². The molecule has 212 valence electrons. The molecule has 7 nitrogen and oxygen atoms in total. The first-order valence-electron chi connectivity index (χ1n) is 12.8. The van der Waals surface area contributed by atoms with Crippen LogP contribution in [0, 0.1) is 0 Å². The van der Waals surface area contributed by atoms with E-state index in [2.05, 4.69) is 46.4 Å². The number of Topliss-reactive ketones (excluding diaryl/α,β-unsaturated/α-hetero) is 1. The van der Waals surface area contributed by atoms with Crippen molar-refractivity contribution in [1.82, 2.24) is 15.1 Å². The molecule has 2 amide bonds. The summed E-state index contributed by atoms with van der Waals surface area (Å²) in [5, 5.41) is 2.72. The highest BCUT2D eigenvalue weighted by molar-refractivity contribution is 6.38. The van der Waals surface area contributed by atoms with Crippen LogP contribution in [0.4, 0.5) is 0 Å². The van der Waals surface area contributed by atoms with Gasteiger partial charge in [-0.2, -0.15) is 0 Å². The van der Waals surface area contributed by atoms with Gasteiger partial charge in [0.2, 0.25) is 5.78 Å². The van der Waals surface area contributed by atoms with Crippen molar-refractivity contribution in [3.05, 3.63) is 107 Å². The standard InChI is InChI=1S/C31H34N4O3.2ClH/c1-34-17-19-35(20-18-34)22-25-13-11-23(12-14-25)15-16-26-9-5-6-10-27(26)31(38)33-28(29(36)30(32)37)21-24-7-3-2-4-8-24;;/h2-16,28H,17-22H2,1H3,(H2,32,37)(H,33,38);2*1H. The fourth-order valence-electron chi connectivity index (χ4n) is 4.50. The molecule has 9 heteroatoms. The number of nitrogens with two attached hydrogens (primary N) is 1. The normalized spacial score (nSPS) is 14.5. The minimum atomic E-state index is -1.07. The third-order valence-corrected chi connectivity index (χ3v) is 6.79. The van der Waals surface area contributed by atoms with Crippen LogP contribution < -0.4 is 11.1 Å². The molecular formula is C31H36Cl2N4O3. The number of carbonyl (C=O) groups excluding carboxylic acids is 3. The van der Waals surface area contributed by atoms with Crippen molar-refractivity contribution in [3.63, 3.8) is 0 Å². The molecule has 4 rings (SSSR count). The molecule has 3 aromatic rings. The van der Waals surface area contributed by atoms with E-state index >= 15 is 0 Å². The number of likely N-dealkylation sites (N-methyl/N-ethyl adjacent to an activating group) is 1. The van der Waals surface area contributed by atoms with Gasteiger partial charge >= 0.3 is 0 Å². The van der Waals surface area contributed by atoms with E-state index in [4.69, 9.17) is 5.73 Å². The van der Waals surface area contributed by atoms with E-state index in [1.54, 1.807) is 12.1 Å². The number of benzene rings is 3. The number of hydrogen-bond donors (Lipinski definition) is 2. The van der Waals surface area contributed by atoms with Crippen molar-refractivity contribution in [2.45, 2.75) is 19.0 Å². The molecule has 0 spiro atoms. The van der Waals surface area contributed by atoms with E-state index in [-0.39, 0.29) is 31.2 Å². The lowest BCUT2D eigenvalue weighted by Gasteiger charge is -2.32. The molecular weight excluding hydrogens is 547 g/mol. The Morgan fingerprint density at radius 1 is 0.825 bits per heavy atom. The zero-order chi connectivity index (χ0) is 26.9. The Balaban J connectivity index is 0.00000280. The van der Waals surface area contributed by atoms with Gasteiger partial charge in [-0.15, -0.1) is 24.8 Å². The number of nitrogens with zero attached hydrogens (tertiary/aromatic N) is 2. The first-order chi connectivity index (χ1) is 18.4. The van der Waals surface area contributed by atoms with Crippen LogP contribution in [0.5, 0.6) is 0 Å². The average molecular weight is 584 g/mol. The Morgan fingerprint density at radius 2 is 1.45 bits per heavy atom. The number of ketones is 1. The topological polar surface area (TPSA) is 95.7 Å². The number of carbonyl (C=O) groups is 3. The molecule has 1 heterocycles. The van der Waals surface area contributed by atoms with E-state index in [0.717, 1.165) is 43.9 Å². The van der Waals surface area contributed by atoms with Crippen molar-refractivity contribution < 1.29 is 14.4 Å². The van der Waals surface area contributed by atoms with Gasteiger partial charge in [-0.1, -0.05) is 84.9 Å². The molecule has 0 radical (unpaired) electrons. The molecule has 1 unspecified atom stereocenters. The molecule has 1 aliphatic heterocycles. The number of hydrogen-bond acceptors (Lipinski definition) is 5. The summed E-state index contributed by atoms with van der Waals surface area (Å²) in [4.78, 5) is 42.1. The van der Waals surface area contributed by atoms with Gasteiger partial charge in [-0.25, -0.2) is 0 Å². The summed E-state index contributed by atoms with van der Waals surface area (Å²) in [6, 6.07) is 23.7. The minimum Gasteiger partial charge on any atom is -0.363 e. The van der Waals surface area contributed by atoms with Crippen LogP contribution in [0.3, 0.4) is 0 Å². The summed E-state index contributed by atoms with van der Waals surface area (Å²) in [6.07, 6.45) is 4.01. The van der Waals surface area contributed by atoms with Gasteiger partial charge in [0.1, 0.15) is 6.04 Å². The number of piperazine rings is 1. The number of nitrogens with one attached hydrogen (secondary N) is 1. The third kappa shape index (κ3) is 9.31. The zero-order valence-corrected chi connectivity index (χ0v) is 24.1. The molecule has 1 aliphatic rings. The maximum Gasteiger partial charge on any atom is 0.287 e. The first-order valence-corrected chi connectivity index (χ1v) is 12.8. The monoisotopic (exact) mass is 582 g/mol. The Bertz CT molecular complexity index is 1290. The van der Waals surface area contributed by atoms with E-state index in [1.807, 2.05) is 54.6 Å². The second-order valence-corrected chi connectivity index (χ2v) is 9.69. The molecule has 0 saturated carbocycles. The van der Waals surface area contributed by atoms with Gasteiger partial charge in [0.05, 0.1) is 0 Å². The van der Waals surface area contributed by atoms with Gasteiger partial charge in [-0.05, 0) is 35.4 Å². The quantitative estimate of drug-likeness (QED) is 0.280. The zero-order valence-electron chi connectivity index (χ0n) is 22.5. The summed E-state index contributed by atoms with van der Waals surface area (Å²) < 4.78 is 0.